The summed E-state index contributed by atoms with van der Waals surface area (Å²) in [4.78, 5) is 0. The first kappa shape index (κ1) is 14.3. The van der Waals surface area contributed by atoms with Crippen molar-refractivity contribution >= 4 is 0 Å². The summed E-state index contributed by atoms with van der Waals surface area (Å²) in [5.74, 6) is 0.880. The number of aryl methyl sites for hydroxylation is 2. The van der Waals surface area contributed by atoms with Gasteiger partial charge < -0.3 is 19.9 Å². The lowest BCUT2D eigenvalue weighted by Gasteiger charge is -2.17. The van der Waals surface area contributed by atoms with Crippen LogP contribution in [0.25, 0.3) is 0 Å². The van der Waals surface area contributed by atoms with Crippen LogP contribution < -0.4 is 10.1 Å². The number of rotatable bonds is 6. The van der Waals surface area contributed by atoms with Crippen LogP contribution in [0.1, 0.15) is 17.5 Å². The van der Waals surface area contributed by atoms with E-state index in [0.717, 1.165) is 36.5 Å². The molecule has 1 fully saturated rings. The molecule has 1 aromatic rings. The van der Waals surface area contributed by atoms with Gasteiger partial charge in [-0.05, 0) is 31.4 Å². The second kappa shape index (κ2) is 6.89. The molecule has 2 N–H and O–H groups in total. The SMILES string of the molecule is Cc1cccc(C)c1OCC(O)CNC1CCOC1. The van der Waals surface area contributed by atoms with Crippen LogP contribution in [-0.2, 0) is 4.74 Å². The molecule has 4 nitrogen and oxygen atoms in total. The highest BCUT2D eigenvalue weighted by atomic mass is 16.5. The number of hydrogen-bond donors (Lipinski definition) is 2. The molecule has 2 atom stereocenters. The van der Waals surface area contributed by atoms with Crippen LogP contribution in [0.2, 0.25) is 0 Å². The van der Waals surface area contributed by atoms with Crippen molar-refractivity contribution in [1.29, 1.82) is 0 Å². The third-order valence-electron chi connectivity index (χ3n) is 3.40. The number of aliphatic hydroxyl groups excluding tert-OH is 1. The molecule has 0 saturated carbocycles. The normalized spacial score (nSPS) is 20.5. The zero-order valence-electron chi connectivity index (χ0n) is 11.7. The van der Waals surface area contributed by atoms with Crippen molar-refractivity contribution in [1.82, 2.24) is 5.32 Å². The lowest BCUT2D eigenvalue weighted by Crippen LogP contribution is -2.38. The number of ether oxygens (including phenoxy) is 2. The summed E-state index contributed by atoms with van der Waals surface area (Å²) in [5.41, 5.74) is 2.20. The fraction of sp³-hybridized carbons (Fsp3) is 0.600. The van der Waals surface area contributed by atoms with Gasteiger partial charge in [-0.1, -0.05) is 18.2 Å². The van der Waals surface area contributed by atoms with E-state index in [9.17, 15) is 5.11 Å². The fourth-order valence-corrected chi connectivity index (χ4v) is 2.26. The Morgan fingerprint density at radius 1 is 1.42 bits per heavy atom. The Hall–Kier alpha value is -1.10. The zero-order chi connectivity index (χ0) is 13.7. The van der Waals surface area contributed by atoms with Crippen molar-refractivity contribution in [2.75, 3.05) is 26.4 Å². The maximum absolute atomic E-state index is 9.92. The van der Waals surface area contributed by atoms with Crippen LogP contribution in [0.15, 0.2) is 18.2 Å². The van der Waals surface area contributed by atoms with Crippen LogP contribution in [-0.4, -0.2) is 43.6 Å². The minimum Gasteiger partial charge on any atom is -0.490 e. The molecule has 2 unspecified atom stereocenters. The van der Waals surface area contributed by atoms with E-state index in [4.69, 9.17) is 9.47 Å². The second-order valence-electron chi connectivity index (χ2n) is 5.15. The molecule has 1 saturated heterocycles. The van der Waals surface area contributed by atoms with Gasteiger partial charge in [-0.25, -0.2) is 0 Å². The quantitative estimate of drug-likeness (QED) is 0.817. The predicted octanol–water partition coefficient (Wildman–Crippen LogP) is 1.42. The van der Waals surface area contributed by atoms with Gasteiger partial charge in [0, 0.05) is 19.2 Å². The van der Waals surface area contributed by atoms with E-state index in [1.54, 1.807) is 0 Å². The van der Waals surface area contributed by atoms with Gasteiger partial charge in [-0.2, -0.15) is 0 Å². The molecule has 19 heavy (non-hydrogen) atoms. The number of nitrogens with one attached hydrogen (secondary N) is 1. The molecule has 1 aliphatic heterocycles. The van der Waals surface area contributed by atoms with Crippen molar-refractivity contribution in [3.8, 4) is 5.75 Å². The highest BCUT2D eigenvalue weighted by Crippen LogP contribution is 2.22. The first-order valence-electron chi connectivity index (χ1n) is 6.85. The molecule has 0 aromatic heterocycles. The zero-order valence-corrected chi connectivity index (χ0v) is 11.7. The Kier molecular flexibility index (Phi) is 5.19. The van der Waals surface area contributed by atoms with Gasteiger partial charge in [0.2, 0.25) is 0 Å². The van der Waals surface area contributed by atoms with Crippen molar-refractivity contribution in [2.24, 2.45) is 0 Å². The molecule has 1 aliphatic rings. The van der Waals surface area contributed by atoms with E-state index in [1.807, 2.05) is 32.0 Å². The van der Waals surface area contributed by atoms with E-state index in [0.29, 0.717) is 19.2 Å². The van der Waals surface area contributed by atoms with Crippen LogP contribution in [0, 0.1) is 13.8 Å². The number of aliphatic hydroxyl groups is 1. The molecule has 106 valence electrons. The monoisotopic (exact) mass is 265 g/mol. The molecule has 1 heterocycles. The van der Waals surface area contributed by atoms with E-state index in [2.05, 4.69) is 5.32 Å². The minimum absolute atomic E-state index is 0.312. The third kappa shape index (κ3) is 4.20. The Morgan fingerprint density at radius 3 is 2.79 bits per heavy atom. The maximum atomic E-state index is 9.92. The van der Waals surface area contributed by atoms with E-state index in [-0.39, 0.29) is 0 Å². The van der Waals surface area contributed by atoms with Crippen LogP contribution in [0.3, 0.4) is 0 Å². The van der Waals surface area contributed by atoms with Crippen molar-refractivity contribution < 1.29 is 14.6 Å². The van der Waals surface area contributed by atoms with Gasteiger partial charge in [0.1, 0.15) is 18.5 Å². The van der Waals surface area contributed by atoms with E-state index < -0.39 is 6.10 Å². The summed E-state index contributed by atoms with van der Waals surface area (Å²) >= 11 is 0. The molecule has 1 aromatic carbocycles. The standard InChI is InChI=1S/C15H23NO3/c1-11-4-3-5-12(2)15(11)19-10-14(17)8-16-13-6-7-18-9-13/h3-5,13-14,16-17H,6-10H2,1-2H3. The van der Waals surface area contributed by atoms with Gasteiger partial charge in [0.05, 0.1) is 6.61 Å². The van der Waals surface area contributed by atoms with Crippen molar-refractivity contribution in [3.05, 3.63) is 29.3 Å². The van der Waals surface area contributed by atoms with E-state index >= 15 is 0 Å². The molecule has 4 heteroatoms. The van der Waals surface area contributed by atoms with Crippen LogP contribution in [0.4, 0.5) is 0 Å². The number of benzene rings is 1. The molecule has 2 rings (SSSR count). The Bertz CT molecular complexity index is 382. The predicted molar refractivity (Wildman–Crippen MR) is 74.6 cm³/mol. The topological polar surface area (TPSA) is 50.7 Å². The molecule has 0 radical (unpaired) electrons. The summed E-state index contributed by atoms with van der Waals surface area (Å²) in [6.45, 7) is 6.44. The lowest BCUT2D eigenvalue weighted by atomic mass is 10.1. The van der Waals surface area contributed by atoms with E-state index in [1.165, 1.54) is 0 Å². The largest absolute Gasteiger partial charge is 0.490 e. The molecule has 0 spiro atoms. The second-order valence-corrected chi connectivity index (χ2v) is 5.15. The summed E-state index contributed by atoms with van der Waals surface area (Å²) in [7, 11) is 0. The Balaban J connectivity index is 1.75. The minimum atomic E-state index is -0.500. The number of para-hydroxylation sites is 1. The molecule has 0 bridgehead atoms. The highest BCUT2D eigenvalue weighted by Gasteiger charge is 2.16. The maximum Gasteiger partial charge on any atom is 0.125 e. The summed E-state index contributed by atoms with van der Waals surface area (Å²) < 4.78 is 11.0. The van der Waals surface area contributed by atoms with Gasteiger partial charge in [0.25, 0.3) is 0 Å². The van der Waals surface area contributed by atoms with Crippen LogP contribution >= 0.6 is 0 Å². The van der Waals surface area contributed by atoms with Gasteiger partial charge >= 0.3 is 0 Å². The van der Waals surface area contributed by atoms with Crippen LogP contribution in [0.5, 0.6) is 5.75 Å². The van der Waals surface area contributed by atoms with Gasteiger partial charge in [-0.15, -0.1) is 0 Å². The van der Waals surface area contributed by atoms with Gasteiger partial charge in [-0.3, -0.25) is 0 Å². The van der Waals surface area contributed by atoms with Crippen molar-refractivity contribution in [2.45, 2.75) is 32.4 Å². The third-order valence-corrected chi connectivity index (χ3v) is 3.40. The van der Waals surface area contributed by atoms with Gasteiger partial charge in [0.15, 0.2) is 0 Å². The average molecular weight is 265 g/mol. The average Bonchev–Trinajstić information content (AvgIpc) is 2.89. The summed E-state index contributed by atoms with van der Waals surface area (Å²) in [6, 6.07) is 6.41. The first-order valence-corrected chi connectivity index (χ1v) is 6.85. The summed E-state index contributed by atoms with van der Waals surface area (Å²) in [5, 5.41) is 13.2. The molecule has 0 aliphatic carbocycles. The Morgan fingerprint density at radius 2 is 2.16 bits per heavy atom. The number of hydrogen-bond acceptors (Lipinski definition) is 4. The molecular formula is C15H23NO3. The fourth-order valence-electron chi connectivity index (χ4n) is 2.26. The van der Waals surface area contributed by atoms with Crippen molar-refractivity contribution in [3.63, 3.8) is 0 Å². The first-order chi connectivity index (χ1) is 9.16. The molecular weight excluding hydrogens is 242 g/mol. The smallest absolute Gasteiger partial charge is 0.125 e. The lowest BCUT2D eigenvalue weighted by molar-refractivity contribution is 0.101. The molecule has 0 amide bonds. The summed E-state index contributed by atoms with van der Waals surface area (Å²) in [6.07, 6.45) is 0.518. The highest BCUT2D eigenvalue weighted by molar-refractivity contribution is 5.39. The Labute approximate surface area is 114 Å².